The van der Waals surface area contributed by atoms with Crippen LogP contribution >= 0.6 is 0 Å². The van der Waals surface area contributed by atoms with Crippen LogP contribution in [0.3, 0.4) is 0 Å². The monoisotopic (exact) mass is 246 g/mol. The van der Waals surface area contributed by atoms with Crippen molar-refractivity contribution in [3.8, 4) is 11.1 Å². The van der Waals surface area contributed by atoms with Crippen LogP contribution in [-0.4, -0.2) is 5.78 Å². The number of hydrogen-bond donors (Lipinski definition) is 0. The highest BCUT2D eigenvalue weighted by atomic mass is 19.1. The Balaban J connectivity index is 2.66. The Morgan fingerprint density at radius 3 is 2.44 bits per heavy atom. The molecule has 92 valence electrons. The van der Waals surface area contributed by atoms with E-state index in [4.69, 9.17) is 0 Å². The van der Waals surface area contributed by atoms with E-state index in [9.17, 15) is 13.6 Å². The SMILES string of the molecule is CCC(=O)c1ccc(F)cc1-c1ccccc1F. The van der Waals surface area contributed by atoms with Crippen molar-refractivity contribution >= 4 is 5.78 Å². The van der Waals surface area contributed by atoms with E-state index in [2.05, 4.69) is 0 Å². The Labute approximate surface area is 104 Å². The van der Waals surface area contributed by atoms with E-state index >= 15 is 0 Å². The number of hydrogen-bond acceptors (Lipinski definition) is 1. The third-order valence-electron chi connectivity index (χ3n) is 2.77. The Morgan fingerprint density at radius 2 is 1.78 bits per heavy atom. The summed E-state index contributed by atoms with van der Waals surface area (Å²) in [5.74, 6) is -1.08. The predicted octanol–water partition coefficient (Wildman–Crippen LogP) is 4.22. The van der Waals surface area contributed by atoms with Crippen LogP contribution in [0.1, 0.15) is 23.7 Å². The van der Waals surface area contributed by atoms with Crippen molar-refractivity contribution in [2.45, 2.75) is 13.3 Å². The summed E-state index contributed by atoms with van der Waals surface area (Å²) < 4.78 is 27.0. The van der Waals surface area contributed by atoms with Crippen LogP contribution in [0, 0.1) is 11.6 Å². The molecule has 0 atom stereocenters. The van der Waals surface area contributed by atoms with Crippen LogP contribution in [0.2, 0.25) is 0 Å². The van der Waals surface area contributed by atoms with Gasteiger partial charge in [0.1, 0.15) is 11.6 Å². The van der Waals surface area contributed by atoms with E-state index in [-0.39, 0.29) is 11.3 Å². The molecule has 2 rings (SSSR count). The second kappa shape index (κ2) is 5.08. The first-order valence-electron chi connectivity index (χ1n) is 5.71. The van der Waals surface area contributed by atoms with Gasteiger partial charge in [0, 0.05) is 17.5 Å². The molecule has 0 N–H and O–H groups in total. The average molecular weight is 246 g/mol. The van der Waals surface area contributed by atoms with Crippen molar-refractivity contribution < 1.29 is 13.6 Å². The van der Waals surface area contributed by atoms with Gasteiger partial charge in [0.05, 0.1) is 0 Å². The van der Waals surface area contributed by atoms with Gasteiger partial charge in [0.25, 0.3) is 0 Å². The summed E-state index contributed by atoms with van der Waals surface area (Å²) in [4.78, 5) is 11.8. The van der Waals surface area contributed by atoms with Gasteiger partial charge in [-0.05, 0) is 29.8 Å². The summed E-state index contributed by atoms with van der Waals surface area (Å²) in [6.07, 6.45) is 0.299. The number of halogens is 2. The summed E-state index contributed by atoms with van der Waals surface area (Å²) in [5, 5.41) is 0. The Morgan fingerprint density at radius 1 is 1.06 bits per heavy atom. The van der Waals surface area contributed by atoms with E-state index in [1.54, 1.807) is 19.1 Å². The third-order valence-corrected chi connectivity index (χ3v) is 2.77. The molecule has 0 aromatic heterocycles. The fourth-order valence-electron chi connectivity index (χ4n) is 1.85. The van der Waals surface area contributed by atoms with Gasteiger partial charge < -0.3 is 0 Å². The fraction of sp³-hybridized carbons (Fsp3) is 0.133. The molecule has 0 spiro atoms. The maximum atomic E-state index is 13.7. The minimum Gasteiger partial charge on any atom is -0.294 e. The van der Waals surface area contributed by atoms with Crippen molar-refractivity contribution in [2.24, 2.45) is 0 Å². The fourth-order valence-corrected chi connectivity index (χ4v) is 1.85. The molecule has 1 nitrogen and oxygen atoms in total. The number of ketones is 1. The second-order valence-corrected chi connectivity index (χ2v) is 3.95. The molecule has 0 aliphatic heterocycles. The first-order chi connectivity index (χ1) is 8.63. The van der Waals surface area contributed by atoms with Crippen molar-refractivity contribution in [2.75, 3.05) is 0 Å². The predicted molar refractivity (Wildman–Crippen MR) is 66.4 cm³/mol. The van der Waals surface area contributed by atoms with Gasteiger partial charge in [0.15, 0.2) is 5.78 Å². The molecule has 2 aromatic carbocycles. The molecular formula is C15H12F2O. The molecule has 0 saturated carbocycles. The zero-order valence-electron chi connectivity index (χ0n) is 9.91. The molecule has 0 radical (unpaired) electrons. The maximum Gasteiger partial charge on any atom is 0.163 e. The minimum atomic E-state index is -0.485. The number of Topliss-reactive ketones (excluding diaryl/α,β-unsaturated/α-hetero) is 1. The summed E-state index contributed by atoms with van der Waals surface area (Å²) in [7, 11) is 0. The lowest BCUT2D eigenvalue weighted by atomic mass is 9.95. The molecule has 3 heteroatoms. The molecule has 0 saturated heterocycles. The molecule has 0 bridgehead atoms. The van der Waals surface area contributed by atoms with Crippen LogP contribution in [0.5, 0.6) is 0 Å². The molecule has 0 unspecified atom stereocenters. The average Bonchev–Trinajstić information content (AvgIpc) is 2.38. The first kappa shape index (κ1) is 12.4. The van der Waals surface area contributed by atoms with E-state index in [1.807, 2.05) is 0 Å². The zero-order chi connectivity index (χ0) is 13.1. The van der Waals surface area contributed by atoms with Crippen LogP contribution in [0.25, 0.3) is 11.1 Å². The van der Waals surface area contributed by atoms with E-state index in [0.717, 1.165) is 0 Å². The lowest BCUT2D eigenvalue weighted by Crippen LogP contribution is -2.01. The summed E-state index contributed by atoms with van der Waals surface area (Å²) in [6, 6.07) is 9.86. The highest BCUT2D eigenvalue weighted by Crippen LogP contribution is 2.28. The number of carbonyl (C=O) groups is 1. The Bertz CT molecular complexity index is 591. The lowest BCUT2D eigenvalue weighted by molar-refractivity contribution is 0.0989. The maximum absolute atomic E-state index is 13.7. The molecule has 0 heterocycles. The molecule has 0 aliphatic carbocycles. The third kappa shape index (κ3) is 2.30. The van der Waals surface area contributed by atoms with Gasteiger partial charge in [-0.25, -0.2) is 8.78 Å². The van der Waals surface area contributed by atoms with Crippen molar-refractivity contribution in [1.29, 1.82) is 0 Å². The smallest absolute Gasteiger partial charge is 0.163 e. The number of carbonyl (C=O) groups excluding carboxylic acids is 1. The Hall–Kier alpha value is -2.03. The lowest BCUT2D eigenvalue weighted by Gasteiger charge is -2.09. The van der Waals surface area contributed by atoms with Gasteiger partial charge in [-0.3, -0.25) is 4.79 Å². The van der Waals surface area contributed by atoms with Gasteiger partial charge in [-0.1, -0.05) is 25.1 Å². The highest BCUT2D eigenvalue weighted by Gasteiger charge is 2.14. The van der Waals surface area contributed by atoms with E-state index in [0.29, 0.717) is 17.5 Å². The zero-order valence-corrected chi connectivity index (χ0v) is 9.91. The first-order valence-corrected chi connectivity index (χ1v) is 5.71. The quantitative estimate of drug-likeness (QED) is 0.741. The van der Waals surface area contributed by atoms with Crippen LogP contribution in [-0.2, 0) is 0 Å². The molecule has 18 heavy (non-hydrogen) atoms. The minimum absolute atomic E-state index is 0.131. The van der Waals surface area contributed by atoms with Crippen molar-refractivity contribution in [3.05, 3.63) is 59.7 Å². The largest absolute Gasteiger partial charge is 0.294 e. The molecule has 0 aliphatic rings. The summed E-state index contributed by atoms with van der Waals surface area (Å²) >= 11 is 0. The van der Waals surface area contributed by atoms with Gasteiger partial charge in [-0.2, -0.15) is 0 Å². The molecule has 0 amide bonds. The van der Waals surface area contributed by atoms with E-state index < -0.39 is 11.6 Å². The van der Waals surface area contributed by atoms with E-state index in [1.165, 1.54) is 30.3 Å². The van der Waals surface area contributed by atoms with Gasteiger partial charge in [-0.15, -0.1) is 0 Å². The van der Waals surface area contributed by atoms with Crippen molar-refractivity contribution in [3.63, 3.8) is 0 Å². The summed E-state index contributed by atoms with van der Waals surface area (Å²) in [6.45, 7) is 1.72. The second-order valence-electron chi connectivity index (χ2n) is 3.95. The van der Waals surface area contributed by atoms with Gasteiger partial charge in [0.2, 0.25) is 0 Å². The van der Waals surface area contributed by atoms with Crippen LogP contribution < -0.4 is 0 Å². The van der Waals surface area contributed by atoms with Crippen LogP contribution in [0.4, 0.5) is 8.78 Å². The molecule has 0 fully saturated rings. The normalized spacial score (nSPS) is 10.4. The Kier molecular flexibility index (Phi) is 3.51. The van der Waals surface area contributed by atoms with Crippen molar-refractivity contribution in [1.82, 2.24) is 0 Å². The highest BCUT2D eigenvalue weighted by molar-refractivity contribution is 6.02. The topological polar surface area (TPSA) is 17.1 Å². The van der Waals surface area contributed by atoms with Gasteiger partial charge >= 0.3 is 0 Å². The summed E-state index contributed by atoms with van der Waals surface area (Å²) in [5.41, 5.74) is 0.901. The molecular weight excluding hydrogens is 234 g/mol. The number of rotatable bonds is 3. The number of benzene rings is 2. The molecule has 2 aromatic rings. The standard InChI is InChI=1S/C15H12F2O/c1-2-15(18)12-8-7-10(16)9-13(12)11-5-3-4-6-14(11)17/h3-9H,2H2,1H3. The van der Waals surface area contributed by atoms with Crippen LogP contribution in [0.15, 0.2) is 42.5 Å².